The summed E-state index contributed by atoms with van der Waals surface area (Å²) in [4.78, 5) is 19.0. The molecule has 0 amide bonds. The number of pyridine rings is 1. The number of benzene rings is 1. The molecule has 7 heteroatoms. The number of para-hydroxylation sites is 1. The number of likely N-dealkylation sites (tertiary alicyclic amines) is 1. The van der Waals surface area contributed by atoms with E-state index < -0.39 is 12.0 Å². The zero-order chi connectivity index (χ0) is 24.6. The number of hydrogen-bond acceptors (Lipinski definition) is 6. The van der Waals surface area contributed by atoms with Crippen LogP contribution >= 0.6 is 0 Å². The number of rotatable bonds is 12. The highest BCUT2D eigenvalue weighted by atomic mass is 16.5. The molecule has 2 aliphatic heterocycles. The molecule has 35 heavy (non-hydrogen) atoms. The van der Waals surface area contributed by atoms with Crippen LogP contribution in [0.1, 0.15) is 62.4 Å². The lowest BCUT2D eigenvalue weighted by Crippen LogP contribution is -2.34. The molecule has 1 saturated heterocycles. The number of hydrogen-bond donors (Lipinski definition) is 2. The molecule has 2 aliphatic rings. The van der Waals surface area contributed by atoms with Crippen molar-refractivity contribution in [2.24, 2.45) is 5.92 Å². The van der Waals surface area contributed by atoms with Crippen molar-refractivity contribution in [1.29, 1.82) is 0 Å². The van der Waals surface area contributed by atoms with Crippen molar-refractivity contribution in [1.82, 2.24) is 9.88 Å². The number of nitrogens with zero attached hydrogens (tertiary/aromatic N) is 2. The topological polar surface area (TPSA) is 83.9 Å². The van der Waals surface area contributed by atoms with Gasteiger partial charge >= 0.3 is 5.97 Å². The zero-order valence-electron chi connectivity index (χ0n) is 21.0. The molecule has 4 rings (SSSR count). The summed E-state index contributed by atoms with van der Waals surface area (Å²) in [5.41, 5.74) is 3.17. The van der Waals surface area contributed by atoms with Crippen molar-refractivity contribution in [2.45, 2.75) is 64.5 Å². The highest BCUT2D eigenvalue weighted by Gasteiger charge is 2.35. The molecule has 2 atom stereocenters. The lowest BCUT2D eigenvalue weighted by Gasteiger charge is -2.26. The second-order valence-corrected chi connectivity index (χ2v) is 10.1. The predicted molar refractivity (Wildman–Crippen MR) is 137 cm³/mol. The van der Waals surface area contributed by atoms with Crippen molar-refractivity contribution in [3.05, 3.63) is 53.2 Å². The Bertz CT molecular complexity index is 980. The van der Waals surface area contributed by atoms with Gasteiger partial charge in [-0.05, 0) is 62.1 Å². The molecule has 0 aliphatic carbocycles. The zero-order valence-corrected chi connectivity index (χ0v) is 21.0. The number of nitrogens with one attached hydrogen (secondary N) is 1. The SMILES string of the molecule is CC(C)COc1ccccc1[C@@H](C(=O)O)N1CC[C@@H](OCCCCc2ccc3c(n2)NCCC3)C1. The molecule has 1 aromatic carbocycles. The van der Waals surface area contributed by atoms with Gasteiger partial charge in [0.05, 0.1) is 12.7 Å². The highest BCUT2D eigenvalue weighted by molar-refractivity contribution is 5.76. The summed E-state index contributed by atoms with van der Waals surface area (Å²) in [6.45, 7) is 7.75. The molecule has 2 N–H and O–H groups in total. The van der Waals surface area contributed by atoms with Gasteiger partial charge in [-0.1, -0.05) is 38.1 Å². The number of unbranched alkanes of at least 4 members (excludes halogenated alkanes) is 1. The van der Waals surface area contributed by atoms with E-state index in [9.17, 15) is 9.90 Å². The summed E-state index contributed by atoms with van der Waals surface area (Å²) in [6, 6.07) is 11.1. The third-order valence-corrected chi connectivity index (χ3v) is 6.69. The van der Waals surface area contributed by atoms with Gasteiger partial charge in [0.1, 0.15) is 17.6 Å². The molecular formula is C28H39N3O4. The molecule has 1 fully saturated rings. The molecular weight excluding hydrogens is 442 g/mol. The summed E-state index contributed by atoms with van der Waals surface area (Å²) in [5, 5.41) is 13.5. The van der Waals surface area contributed by atoms with E-state index in [2.05, 4.69) is 31.3 Å². The second kappa shape index (κ2) is 12.4. The average Bonchev–Trinajstić information content (AvgIpc) is 3.31. The first kappa shape index (κ1) is 25.5. The van der Waals surface area contributed by atoms with E-state index in [0.717, 1.165) is 50.2 Å². The smallest absolute Gasteiger partial charge is 0.325 e. The van der Waals surface area contributed by atoms with E-state index in [1.54, 1.807) is 0 Å². The fraction of sp³-hybridized carbons (Fsp3) is 0.571. The van der Waals surface area contributed by atoms with E-state index in [1.807, 2.05) is 29.2 Å². The number of carboxylic acid groups (broad SMARTS) is 1. The van der Waals surface area contributed by atoms with Gasteiger partial charge in [-0.2, -0.15) is 0 Å². The van der Waals surface area contributed by atoms with Gasteiger partial charge < -0.3 is 19.9 Å². The number of anilines is 1. The maximum absolute atomic E-state index is 12.3. The number of aryl methyl sites for hydroxylation is 2. The molecule has 0 saturated carbocycles. The van der Waals surface area contributed by atoms with Crippen LogP contribution in [0.15, 0.2) is 36.4 Å². The molecule has 0 radical (unpaired) electrons. The number of fused-ring (bicyclic) bond motifs is 1. The Morgan fingerprint density at radius 2 is 2.09 bits per heavy atom. The van der Waals surface area contributed by atoms with Gasteiger partial charge in [0.2, 0.25) is 0 Å². The predicted octanol–water partition coefficient (Wildman–Crippen LogP) is 4.71. The van der Waals surface area contributed by atoms with Gasteiger partial charge in [0, 0.05) is 37.5 Å². The number of ether oxygens (including phenoxy) is 2. The minimum atomic E-state index is -0.849. The normalized spacial score (nSPS) is 18.8. The van der Waals surface area contributed by atoms with Crippen molar-refractivity contribution in [2.75, 3.05) is 38.2 Å². The third-order valence-electron chi connectivity index (χ3n) is 6.69. The Labute approximate surface area is 208 Å². The van der Waals surface area contributed by atoms with Crippen LogP contribution in [-0.2, 0) is 22.4 Å². The average molecular weight is 482 g/mol. The van der Waals surface area contributed by atoms with E-state index in [0.29, 0.717) is 43.5 Å². The molecule has 0 unspecified atom stereocenters. The highest BCUT2D eigenvalue weighted by Crippen LogP contribution is 2.33. The standard InChI is InChI=1S/C28H39N3O4/c1-20(2)19-35-25-11-4-3-10-24(25)26(28(32)33)31-16-14-23(18-31)34-17-6-5-9-22-13-12-21-8-7-15-29-27(21)30-22/h3-4,10-13,20,23,26H,5-9,14-19H2,1-2H3,(H,29,30)(H,32,33)/t23-,26+/m1/s1. The van der Waals surface area contributed by atoms with Crippen molar-refractivity contribution in [3.8, 4) is 5.75 Å². The van der Waals surface area contributed by atoms with Crippen LogP contribution in [0.25, 0.3) is 0 Å². The van der Waals surface area contributed by atoms with E-state index in [-0.39, 0.29) is 6.10 Å². The number of carboxylic acids is 1. The third kappa shape index (κ3) is 6.95. The first-order valence-corrected chi connectivity index (χ1v) is 13.0. The van der Waals surface area contributed by atoms with Crippen LogP contribution in [0.4, 0.5) is 5.82 Å². The Balaban J connectivity index is 1.24. The van der Waals surface area contributed by atoms with Crippen LogP contribution < -0.4 is 10.1 Å². The minimum absolute atomic E-state index is 0.0617. The first-order chi connectivity index (χ1) is 17.0. The lowest BCUT2D eigenvalue weighted by atomic mass is 10.0. The van der Waals surface area contributed by atoms with Crippen LogP contribution in [0, 0.1) is 5.92 Å². The van der Waals surface area contributed by atoms with Gasteiger partial charge in [-0.3, -0.25) is 9.69 Å². The molecule has 2 aromatic rings. The largest absolute Gasteiger partial charge is 0.493 e. The molecule has 1 aromatic heterocycles. The number of aliphatic carboxylic acids is 1. The second-order valence-electron chi connectivity index (χ2n) is 10.1. The molecule has 0 bridgehead atoms. The number of carbonyl (C=O) groups is 1. The summed E-state index contributed by atoms with van der Waals surface area (Å²) < 4.78 is 12.1. The quantitative estimate of drug-likeness (QED) is 0.425. The minimum Gasteiger partial charge on any atom is -0.493 e. The first-order valence-electron chi connectivity index (χ1n) is 13.0. The molecule has 190 valence electrons. The summed E-state index contributed by atoms with van der Waals surface area (Å²) in [7, 11) is 0. The van der Waals surface area contributed by atoms with Crippen LogP contribution in [0.5, 0.6) is 5.75 Å². The summed E-state index contributed by atoms with van der Waals surface area (Å²) >= 11 is 0. The molecule has 7 nitrogen and oxygen atoms in total. The van der Waals surface area contributed by atoms with Crippen LogP contribution in [-0.4, -0.2) is 59.9 Å². The maximum Gasteiger partial charge on any atom is 0.325 e. The molecule has 0 spiro atoms. The van der Waals surface area contributed by atoms with Gasteiger partial charge in [-0.15, -0.1) is 0 Å². The van der Waals surface area contributed by atoms with Crippen molar-refractivity contribution in [3.63, 3.8) is 0 Å². The van der Waals surface area contributed by atoms with Crippen LogP contribution in [0.3, 0.4) is 0 Å². The van der Waals surface area contributed by atoms with Crippen molar-refractivity contribution < 1.29 is 19.4 Å². The monoisotopic (exact) mass is 481 g/mol. The summed E-state index contributed by atoms with van der Waals surface area (Å²) in [5.74, 6) is 1.23. The Hall–Kier alpha value is -2.64. The van der Waals surface area contributed by atoms with Gasteiger partial charge in [-0.25, -0.2) is 4.98 Å². The van der Waals surface area contributed by atoms with Gasteiger partial charge in [0.15, 0.2) is 0 Å². The van der Waals surface area contributed by atoms with Gasteiger partial charge in [0.25, 0.3) is 0 Å². The van der Waals surface area contributed by atoms with E-state index in [1.165, 1.54) is 12.0 Å². The lowest BCUT2D eigenvalue weighted by molar-refractivity contribution is -0.143. The molecule has 3 heterocycles. The Kier molecular flexibility index (Phi) is 8.99. The Morgan fingerprint density at radius 1 is 1.23 bits per heavy atom. The fourth-order valence-corrected chi connectivity index (χ4v) is 4.87. The fourth-order valence-electron chi connectivity index (χ4n) is 4.87. The van der Waals surface area contributed by atoms with E-state index in [4.69, 9.17) is 14.5 Å². The summed E-state index contributed by atoms with van der Waals surface area (Å²) in [6.07, 6.45) is 6.14. The van der Waals surface area contributed by atoms with E-state index >= 15 is 0 Å². The Morgan fingerprint density at radius 3 is 2.91 bits per heavy atom. The maximum atomic E-state index is 12.3. The van der Waals surface area contributed by atoms with Crippen molar-refractivity contribution >= 4 is 11.8 Å². The number of aromatic nitrogens is 1. The van der Waals surface area contributed by atoms with Crippen LogP contribution in [0.2, 0.25) is 0 Å².